The minimum Gasteiger partial charge on any atom is -0.497 e. The lowest BCUT2D eigenvalue weighted by atomic mass is 9.55. The van der Waals surface area contributed by atoms with Crippen LogP contribution >= 0.6 is 11.6 Å². The van der Waals surface area contributed by atoms with Gasteiger partial charge in [0.05, 0.1) is 50.6 Å². The lowest BCUT2D eigenvalue weighted by Gasteiger charge is -2.59. The molecule has 0 aromatic heterocycles. The van der Waals surface area contributed by atoms with E-state index in [4.69, 9.17) is 44.9 Å². The number of oxime groups is 1. The molecule has 352 valence electrons. The first-order valence-corrected chi connectivity index (χ1v) is 23.1. The number of ether oxygens (including phenoxy) is 6. The van der Waals surface area contributed by atoms with Crippen molar-refractivity contribution in [1.82, 2.24) is 4.90 Å². The molecule has 15 heteroatoms. The molecule has 0 radical (unpaired) electrons. The number of alkyl halides is 1. The first-order valence-electron chi connectivity index (χ1n) is 22.5. The summed E-state index contributed by atoms with van der Waals surface area (Å²) in [5.41, 5.74) is 3.53. The fourth-order valence-electron chi connectivity index (χ4n) is 10.1. The molecular weight excluding hydrogens is 866 g/mol. The number of fused-ring (bicyclic) bond motifs is 3. The number of nitrogens with one attached hydrogen (secondary N) is 1. The van der Waals surface area contributed by atoms with Crippen LogP contribution in [0.25, 0.3) is 10.8 Å². The summed E-state index contributed by atoms with van der Waals surface area (Å²) in [4.78, 5) is 35.6. The Bertz CT molecular complexity index is 2390. The number of rotatable bonds is 21. The van der Waals surface area contributed by atoms with Crippen LogP contribution in [0.1, 0.15) is 62.0 Å². The molecule has 6 unspecified atom stereocenters. The predicted octanol–water partition coefficient (Wildman–Crippen LogP) is 9.61. The normalized spacial score (nSPS) is 22.2. The Morgan fingerprint density at radius 1 is 0.955 bits per heavy atom. The van der Waals surface area contributed by atoms with Gasteiger partial charge in [-0.25, -0.2) is 9.59 Å². The van der Waals surface area contributed by atoms with E-state index >= 15 is 0 Å². The van der Waals surface area contributed by atoms with Gasteiger partial charge >= 0.3 is 12.2 Å². The summed E-state index contributed by atoms with van der Waals surface area (Å²) in [6.45, 7) is 4.30. The SMILES string of the molecule is C=CCOC12Oc3ccc(OC(=O)Nc4ccc(OC)cc4OC)cc3C3C(CCCCO)C(CCCCO)C=C(C(=NOC)CC1N(Cc1cccc4ccccc14)C(=O)OCCCl)C32. The zero-order valence-electron chi connectivity index (χ0n) is 37.8. The molecule has 14 nitrogen and oxygen atoms in total. The lowest BCUT2D eigenvalue weighted by Crippen LogP contribution is -2.70. The van der Waals surface area contributed by atoms with Crippen molar-refractivity contribution in [3.63, 3.8) is 0 Å². The van der Waals surface area contributed by atoms with E-state index in [1.807, 2.05) is 48.5 Å². The van der Waals surface area contributed by atoms with Crippen molar-refractivity contribution >= 4 is 46.0 Å². The number of aliphatic hydroxyl groups excluding tert-OH is 2. The average molecular weight is 927 g/mol. The predicted molar refractivity (Wildman–Crippen MR) is 253 cm³/mol. The highest BCUT2D eigenvalue weighted by molar-refractivity contribution is 6.18. The number of carbonyl (C=O) groups is 2. The first kappa shape index (κ1) is 48.1. The van der Waals surface area contributed by atoms with Gasteiger partial charge in [0.25, 0.3) is 0 Å². The Hall–Kier alpha value is -5.80. The van der Waals surface area contributed by atoms with Crippen LogP contribution in [0.3, 0.4) is 0 Å². The van der Waals surface area contributed by atoms with Crippen molar-refractivity contribution in [3.8, 4) is 23.0 Å². The van der Waals surface area contributed by atoms with Gasteiger partial charge in [-0.3, -0.25) is 10.2 Å². The summed E-state index contributed by atoms with van der Waals surface area (Å²) < 4.78 is 37.1. The minimum atomic E-state index is -1.55. The Kier molecular flexibility index (Phi) is 16.5. The van der Waals surface area contributed by atoms with Gasteiger partial charge in [-0.05, 0) is 89.8 Å². The number of anilines is 1. The second kappa shape index (κ2) is 22.6. The van der Waals surface area contributed by atoms with Crippen LogP contribution in [0.5, 0.6) is 23.0 Å². The highest BCUT2D eigenvalue weighted by atomic mass is 35.5. The zero-order valence-corrected chi connectivity index (χ0v) is 38.5. The molecule has 2 amide bonds. The number of halogens is 1. The third-order valence-corrected chi connectivity index (χ3v) is 13.0. The number of unbranched alkanes of at least 4 members (excludes halogenated alkanes) is 2. The average Bonchev–Trinajstić information content (AvgIpc) is 3.33. The topological polar surface area (TPSA) is 167 Å². The monoisotopic (exact) mass is 925 g/mol. The van der Waals surface area contributed by atoms with Gasteiger partial charge in [0.15, 0.2) is 0 Å². The fraction of sp³-hybridized carbons (Fsp3) is 0.431. The summed E-state index contributed by atoms with van der Waals surface area (Å²) in [7, 11) is 4.54. The van der Waals surface area contributed by atoms with Crippen molar-refractivity contribution < 1.29 is 53.1 Å². The van der Waals surface area contributed by atoms with Gasteiger partial charge in [-0.2, -0.15) is 0 Å². The maximum atomic E-state index is 14.7. The molecule has 1 aliphatic heterocycles. The molecule has 0 spiro atoms. The molecule has 1 saturated carbocycles. The fourth-order valence-corrected chi connectivity index (χ4v) is 10.2. The van der Waals surface area contributed by atoms with E-state index in [1.165, 1.54) is 14.2 Å². The number of hydrogen-bond acceptors (Lipinski definition) is 12. The highest BCUT2D eigenvalue weighted by Gasteiger charge is 2.65. The number of allylic oxidation sites excluding steroid dienone is 1. The summed E-state index contributed by atoms with van der Waals surface area (Å²) in [5.74, 6) is -0.794. The van der Waals surface area contributed by atoms with Crippen molar-refractivity contribution in [1.29, 1.82) is 0 Å². The minimum absolute atomic E-state index is 0.0102. The molecule has 0 bridgehead atoms. The highest BCUT2D eigenvalue weighted by Crippen LogP contribution is 2.62. The number of nitrogens with zero attached hydrogens (tertiary/aromatic N) is 2. The van der Waals surface area contributed by atoms with Gasteiger partial charge in [0.1, 0.15) is 42.8 Å². The molecule has 66 heavy (non-hydrogen) atoms. The molecule has 3 N–H and O–H groups in total. The number of amides is 2. The van der Waals surface area contributed by atoms with E-state index < -0.39 is 29.9 Å². The number of carbonyl (C=O) groups excluding carboxylic acids is 2. The van der Waals surface area contributed by atoms with Crippen LogP contribution in [0.15, 0.2) is 108 Å². The molecule has 3 aliphatic rings. The van der Waals surface area contributed by atoms with Crippen LogP contribution in [-0.2, 0) is 20.9 Å². The maximum Gasteiger partial charge on any atom is 0.417 e. The van der Waals surface area contributed by atoms with E-state index in [2.05, 4.69) is 23.1 Å². The third-order valence-electron chi connectivity index (χ3n) is 12.8. The molecule has 4 aromatic rings. The maximum absolute atomic E-state index is 14.7. The molecule has 1 heterocycles. The van der Waals surface area contributed by atoms with Gasteiger partial charge in [0, 0.05) is 37.2 Å². The van der Waals surface area contributed by atoms with E-state index in [-0.39, 0.29) is 68.8 Å². The molecular formula is C51H60ClN3O11. The van der Waals surface area contributed by atoms with Crippen LogP contribution < -0.4 is 24.3 Å². The second-order valence-corrected chi connectivity index (χ2v) is 17.0. The van der Waals surface area contributed by atoms with E-state index in [1.54, 1.807) is 48.4 Å². The van der Waals surface area contributed by atoms with Gasteiger partial charge < -0.3 is 43.5 Å². The van der Waals surface area contributed by atoms with Gasteiger partial charge in [0.2, 0.25) is 5.79 Å². The van der Waals surface area contributed by atoms with Crippen LogP contribution in [-0.4, -0.2) is 98.5 Å². The molecule has 1 fully saturated rings. The number of aliphatic hydroxyl groups is 2. The van der Waals surface area contributed by atoms with Gasteiger partial charge in [-0.1, -0.05) is 72.6 Å². The lowest BCUT2D eigenvalue weighted by molar-refractivity contribution is -0.256. The van der Waals surface area contributed by atoms with E-state index in [0.717, 1.165) is 46.7 Å². The largest absolute Gasteiger partial charge is 0.497 e. The molecule has 2 aliphatic carbocycles. The van der Waals surface area contributed by atoms with Crippen LogP contribution in [0.4, 0.5) is 15.3 Å². The summed E-state index contributed by atoms with van der Waals surface area (Å²) in [5, 5.41) is 29.4. The molecule has 6 atom stereocenters. The first-order chi connectivity index (χ1) is 32.2. The van der Waals surface area contributed by atoms with Crippen molar-refractivity contribution in [3.05, 3.63) is 114 Å². The van der Waals surface area contributed by atoms with Crippen molar-refractivity contribution in [2.24, 2.45) is 22.9 Å². The number of hydrogen-bond donors (Lipinski definition) is 3. The smallest absolute Gasteiger partial charge is 0.417 e. The van der Waals surface area contributed by atoms with Crippen molar-refractivity contribution in [2.75, 3.05) is 59.0 Å². The quantitative estimate of drug-likeness (QED) is 0.0315. The molecule has 4 aromatic carbocycles. The summed E-state index contributed by atoms with van der Waals surface area (Å²) >= 11 is 6.13. The van der Waals surface area contributed by atoms with E-state index in [0.29, 0.717) is 47.9 Å². The molecule has 0 saturated heterocycles. The molecule has 7 rings (SSSR count). The zero-order chi connectivity index (χ0) is 46.6. The Morgan fingerprint density at radius 3 is 2.47 bits per heavy atom. The summed E-state index contributed by atoms with van der Waals surface area (Å²) in [6, 6.07) is 23.5. The third kappa shape index (κ3) is 10.3. The standard InChI is InChI=1S/C51H60ClN3O11/c1-5-26-64-51-46(55(50(59)63-27-23-52)32-35-16-12-15-33-13-6-7-17-38(33)35)31-43(54-62-4)40-28-34(14-8-10-24-56)39(18-9-11-25-57)47(48(40)51)41-29-37(20-22-44(41)66-51)65-49(58)53-42-21-19-36(60-2)30-45(42)61-3/h5-7,12-13,15-17,19-22,28-30,34,39,46-48,56-57H,1,8-11,14,18,23-27,31-32H2,2-4H3,(H,53,58). The van der Waals surface area contributed by atoms with Crippen LogP contribution in [0, 0.1) is 17.8 Å². The van der Waals surface area contributed by atoms with Gasteiger partial charge in [-0.15, -0.1) is 18.2 Å². The Labute approximate surface area is 391 Å². The second-order valence-electron chi connectivity index (χ2n) is 16.6. The number of methoxy groups -OCH3 is 2. The van der Waals surface area contributed by atoms with Crippen molar-refractivity contribution in [2.45, 2.75) is 69.2 Å². The number of benzene rings is 4. The Morgan fingerprint density at radius 2 is 1.73 bits per heavy atom. The van der Waals surface area contributed by atoms with Crippen LogP contribution in [0.2, 0.25) is 0 Å². The summed E-state index contributed by atoms with van der Waals surface area (Å²) in [6.07, 6.45) is 6.94. The van der Waals surface area contributed by atoms with E-state index in [9.17, 15) is 19.8 Å². The Balaban J connectivity index is 1.41.